The number of morpholine rings is 1. The van der Waals surface area contributed by atoms with E-state index in [0.717, 1.165) is 50.5 Å². The van der Waals surface area contributed by atoms with Crippen LogP contribution in [0.3, 0.4) is 0 Å². The highest BCUT2D eigenvalue weighted by atomic mass is 19.1. The van der Waals surface area contributed by atoms with Crippen LogP contribution >= 0.6 is 0 Å². The number of nitrogens with zero attached hydrogens (tertiary/aromatic N) is 3. The van der Waals surface area contributed by atoms with E-state index < -0.39 is 11.7 Å². The van der Waals surface area contributed by atoms with Gasteiger partial charge in [-0.25, -0.2) is 9.37 Å². The first kappa shape index (κ1) is 23.2. The predicted molar refractivity (Wildman–Crippen MR) is 126 cm³/mol. The maximum Gasteiger partial charge on any atom is 0.252 e. The molecule has 1 saturated heterocycles. The largest absolute Gasteiger partial charge is 0.372 e. The number of carbonyl (C=O) groups is 1. The topological polar surface area (TPSA) is 131 Å². The Balaban J connectivity index is 1.59. The van der Waals surface area contributed by atoms with Crippen molar-refractivity contribution in [3.8, 4) is 0 Å². The molecule has 9 nitrogen and oxygen atoms in total. The fourth-order valence-electron chi connectivity index (χ4n) is 4.58. The van der Waals surface area contributed by atoms with Crippen LogP contribution in [0.25, 0.3) is 0 Å². The van der Waals surface area contributed by atoms with Crippen molar-refractivity contribution in [2.24, 2.45) is 11.5 Å². The summed E-state index contributed by atoms with van der Waals surface area (Å²) in [6.45, 7) is 5.55. The lowest BCUT2D eigenvalue weighted by molar-refractivity contribution is -0.00523. The van der Waals surface area contributed by atoms with E-state index in [4.69, 9.17) is 16.2 Å². The van der Waals surface area contributed by atoms with Gasteiger partial charge in [0, 0.05) is 25.2 Å². The Hall–Kier alpha value is -2.98. The number of amides is 1. The van der Waals surface area contributed by atoms with Gasteiger partial charge in [0.2, 0.25) is 0 Å². The molecule has 3 heterocycles. The normalized spacial score (nSPS) is 25.5. The zero-order chi connectivity index (χ0) is 23.5. The van der Waals surface area contributed by atoms with Crippen LogP contribution in [-0.2, 0) is 4.74 Å². The number of pyridine rings is 2. The van der Waals surface area contributed by atoms with Crippen molar-refractivity contribution in [2.45, 2.75) is 63.8 Å². The van der Waals surface area contributed by atoms with Crippen molar-refractivity contribution >= 4 is 28.9 Å². The zero-order valence-electron chi connectivity index (χ0n) is 19.1. The standard InChI is InChI=1S/C23H32FN7O2/c1-13-11-31(12-14(2)33-13)16-7-15(9-27-10-16)28-22-17(21(26)32)8-18(24)23(30-22)29-20-6-4-3-5-19(20)25/h7-10,13-14,19-20H,3-6,11-12,25H2,1-2H3,(H2,26,32)(H2,28,29,30)/t13-,14+,19-,20+/m0/s1. The van der Waals surface area contributed by atoms with Gasteiger partial charge in [-0.05, 0) is 38.8 Å². The lowest BCUT2D eigenvalue weighted by atomic mass is 9.91. The molecule has 2 aromatic heterocycles. The molecule has 0 bridgehead atoms. The fourth-order valence-corrected chi connectivity index (χ4v) is 4.58. The highest BCUT2D eigenvalue weighted by Crippen LogP contribution is 2.28. The van der Waals surface area contributed by atoms with Gasteiger partial charge < -0.3 is 31.7 Å². The average Bonchev–Trinajstić information content (AvgIpc) is 2.76. The molecule has 6 N–H and O–H groups in total. The minimum absolute atomic E-state index is 0.0370. The van der Waals surface area contributed by atoms with E-state index >= 15 is 0 Å². The number of hydrogen-bond donors (Lipinski definition) is 4. The summed E-state index contributed by atoms with van der Waals surface area (Å²) < 4.78 is 20.6. The third kappa shape index (κ3) is 5.51. The summed E-state index contributed by atoms with van der Waals surface area (Å²) in [4.78, 5) is 22.9. The minimum Gasteiger partial charge on any atom is -0.372 e. The Kier molecular flexibility index (Phi) is 6.94. The first-order valence-corrected chi connectivity index (χ1v) is 11.4. The molecular formula is C23H32FN7O2. The minimum atomic E-state index is -0.773. The first-order valence-electron chi connectivity index (χ1n) is 11.4. The number of hydrogen-bond acceptors (Lipinski definition) is 8. The molecule has 2 fully saturated rings. The number of aromatic nitrogens is 2. The van der Waals surface area contributed by atoms with Crippen LogP contribution in [0.5, 0.6) is 0 Å². The lowest BCUT2D eigenvalue weighted by Crippen LogP contribution is -2.45. The molecule has 4 atom stereocenters. The molecule has 1 aliphatic heterocycles. The molecule has 10 heteroatoms. The van der Waals surface area contributed by atoms with Crippen LogP contribution in [-0.4, -0.2) is 53.3 Å². The summed E-state index contributed by atoms with van der Waals surface area (Å²) in [5, 5.41) is 6.22. The van der Waals surface area contributed by atoms with Crippen molar-refractivity contribution in [3.05, 3.63) is 35.9 Å². The Morgan fingerprint density at radius 3 is 2.58 bits per heavy atom. The molecule has 1 amide bonds. The highest BCUT2D eigenvalue weighted by molar-refractivity contribution is 5.98. The third-order valence-electron chi connectivity index (χ3n) is 6.15. The quantitative estimate of drug-likeness (QED) is 0.521. The van der Waals surface area contributed by atoms with Crippen LogP contribution in [0.4, 0.5) is 27.4 Å². The molecule has 0 radical (unpaired) electrons. The third-order valence-corrected chi connectivity index (χ3v) is 6.15. The van der Waals surface area contributed by atoms with Crippen LogP contribution in [0.1, 0.15) is 49.9 Å². The van der Waals surface area contributed by atoms with Crippen molar-refractivity contribution in [2.75, 3.05) is 28.6 Å². The van der Waals surface area contributed by atoms with Crippen molar-refractivity contribution in [1.29, 1.82) is 0 Å². The van der Waals surface area contributed by atoms with E-state index in [2.05, 4.69) is 25.5 Å². The lowest BCUT2D eigenvalue weighted by Gasteiger charge is -2.36. The summed E-state index contributed by atoms with van der Waals surface area (Å²) in [5.74, 6) is -1.21. The van der Waals surface area contributed by atoms with E-state index in [1.54, 1.807) is 12.4 Å². The summed E-state index contributed by atoms with van der Waals surface area (Å²) in [7, 11) is 0. The second-order valence-electron chi connectivity index (χ2n) is 9.00. The monoisotopic (exact) mass is 457 g/mol. The van der Waals surface area contributed by atoms with E-state index in [0.29, 0.717) is 5.69 Å². The highest BCUT2D eigenvalue weighted by Gasteiger charge is 2.25. The van der Waals surface area contributed by atoms with Crippen molar-refractivity contribution in [1.82, 2.24) is 9.97 Å². The second-order valence-corrected chi connectivity index (χ2v) is 9.00. The fraction of sp³-hybridized carbons (Fsp3) is 0.522. The molecular weight excluding hydrogens is 425 g/mol. The Morgan fingerprint density at radius 2 is 1.88 bits per heavy atom. The van der Waals surface area contributed by atoms with Gasteiger partial charge in [-0.15, -0.1) is 0 Å². The number of carbonyl (C=O) groups excluding carboxylic acids is 1. The van der Waals surface area contributed by atoms with Gasteiger partial charge in [-0.1, -0.05) is 12.8 Å². The predicted octanol–water partition coefficient (Wildman–Crippen LogP) is 2.75. The number of halogens is 1. The molecule has 1 aliphatic carbocycles. The van der Waals surface area contributed by atoms with Gasteiger partial charge in [0.15, 0.2) is 11.6 Å². The number of nitrogens with one attached hydrogen (secondary N) is 2. The Morgan fingerprint density at radius 1 is 1.15 bits per heavy atom. The molecule has 1 saturated carbocycles. The molecule has 0 spiro atoms. The maximum atomic E-state index is 14.8. The smallest absolute Gasteiger partial charge is 0.252 e. The number of nitrogens with two attached hydrogens (primary N) is 2. The van der Waals surface area contributed by atoms with Crippen molar-refractivity contribution < 1.29 is 13.9 Å². The Bertz CT molecular complexity index is 995. The maximum absolute atomic E-state index is 14.8. The number of anilines is 4. The molecule has 0 unspecified atom stereocenters. The molecule has 33 heavy (non-hydrogen) atoms. The molecule has 4 rings (SSSR count). The summed E-state index contributed by atoms with van der Waals surface area (Å²) in [6.07, 6.45) is 7.40. The van der Waals surface area contributed by atoms with Gasteiger partial charge in [0.05, 0.1) is 41.5 Å². The average molecular weight is 458 g/mol. The second kappa shape index (κ2) is 9.88. The van der Waals surface area contributed by atoms with Gasteiger partial charge >= 0.3 is 0 Å². The molecule has 178 valence electrons. The number of primary amides is 1. The van der Waals surface area contributed by atoms with E-state index in [-0.39, 0.29) is 41.5 Å². The van der Waals surface area contributed by atoms with E-state index in [1.165, 1.54) is 0 Å². The van der Waals surface area contributed by atoms with E-state index in [9.17, 15) is 9.18 Å². The Labute approximate surface area is 193 Å². The van der Waals surface area contributed by atoms with Gasteiger partial charge in [0.1, 0.15) is 5.82 Å². The van der Waals surface area contributed by atoms with E-state index in [1.807, 2.05) is 19.9 Å². The van der Waals surface area contributed by atoms with Gasteiger partial charge in [-0.2, -0.15) is 0 Å². The molecule has 2 aliphatic rings. The van der Waals surface area contributed by atoms with Crippen LogP contribution < -0.4 is 27.0 Å². The SMILES string of the molecule is C[C@@H]1CN(c2cncc(Nc3nc(N[C@@H]4CCCC[C@@H]4N)c(F)cc3C(N)=O)c2)C[C@H](C)O1. The number of rotatable bonds is 6. The first-order chi connectivity index (χ1) is 15.8. The summed E-state index contributed by atoms with van der Waals surface area (Å²) >= 11 is 0. The van der Waals surface area contributed by atoms with Crippen LogP contribution in [0.2, 0.25) is 0 Å². The molecule has 0 aromatic carbocycles. The van der Waals surface area contributed by atoms with Crippen LogP contribution in [0.15, 0.2) is 24.5 Å². The van der Waals surface area contributed by atoms with Gasteiger partial charge in [0.25, 0.3) is 5.91 Å². The summed E-state index contributed by atoms with van der Waals surface area (Å²) in [5.41, 5.74) is 13.2. The van der Waals surface area contributed by atoms with Crippen LogP contribution in [0, 0.1) is 5.82 Å². The van der Waals surface area contributed by atoms with Gasteiger partial charge in [-0.3, -0.25) is 9.78 Å². The summed E-state index contributed by atoms with van der Waals surface area (Å²) in [6, 6.07) is 2.86. The molecule has 2 aromatic rings. The number of ether oxygens (including phenoxy) is 1. The van der Waals surface area contributed by atoms with Crippen molar-refractivity contribution in [3.63, 3.8) is 0 Å². The zero-order valence-corrected chi connectivity index (χ0v) is 19.1.